The molecule has 0 fully saturated rings. The first-order chi connectivity index (χ1) is 27.7. The molecule has 0 N–H and O–H groups in total. The van der Waals surface area contributed by atoms with E-state index in [2.05, 4.69) is 212 Å². The first-order valence-electron chi connectivity index (χ1n) is 19.1. The summed E-state index contributed by atoms with van der Waals surface area (Å²) < 4.78 is 58.1. The Hall–Kier alpha value is 5.83. The molecule has 58 heavy (non-hydrogen) atoms. The molecule has 6 unspecified atom stereocenters. The van der Waals surface area contributed by atoms with Crippen LogP contribution in [0.2, 0.25) is 0 Å². The van der Waals surface area contributed by atoms with Gasteiger partial charge in [-0.25, -0.2) is 0 Å². The second-order valence-electron chi connectivity index (χ2n) is 14.2. The molecule has 0 aromatic carbocycles. The first kappa shape index (κ1) is 63.8. The molecular formula is C36H63Br12O9P. The Balaban J connectivity index is 6.71. The number of hydrogen-bond acceptors (Lipinski definition) is 9. The van der Waals surface area contributed by atoms with Crippen molar-refractivity contribution in [2.24, 2.45) is 16.2 Å². The fourth-order valence-corrected chi connectivity index (χ4v) is 8.27. The lowest BCUT2D eigenvalue weighted by atomic mass is 9.88. The minimum atomic E-state index is -1.89. The van der Waals surface area contributed by atoms with Crippen molar-refractivity contribution in [3.63, 3.8) is 0 Å². The topological polar surface area (TPSA) is 83.1 Å². The van der Waals surface area contributed by atoms with Crippen LogP contribution in [0.4, 0.5) is 0 Å². The van der Waals surface area contributed by atoms with Gasteiger partial charge < -0.3 is 42.0 Å². The van der Waals surface area contributed by atoms with Crippen molar-refractivity contribution in [1.82, 2.24) is 0 Å². The fraction of sp³-hybridized carbons (Fsp3) is 1.00. The van der Waals surface area contributed by atoms with E-state index in [1.807, 2.05) is 0 Å². The minimum Gasteiger partial charge on any atom is -0.379 e. The molecule has 0 saturated carbocycles. The molecule has 0 aliphatic carbocycles. The van der Waals surface area contributed by atoms with Gasteiger partial charge in [0.15, 0.2) is 0 Å². The number of alkyl halides is 12. The van der Waals surface area contributed by atoms with Gasteiger partial charge in [-0.05, 0) is 19.3 Å². The number of rotatable bonds is 42. The Kier molecular flexibility index (Phi) is 43.6. The zero-order valence-electron chi connectivity index (χ0n) is 33.6. The summed E-state index contributed by atoms with van der Waals surface area (Å²) in [5, 5.41) is 4.66. The average Bonchev–Trinajstić information content (AvgIpc) is 3.24. The number of halogens is 12. The Morgan fingerprint density at radius 2 is 0.500 bits per heavy atom. The highest BCUT2D eigenvalue weighted by Gasteiger charge is 2.38. The molecule has 0 bridgehead atoms. The summed E-state index contributed by atoms with van der Waals surface area (Å²) >= 11 is 43.3. The van der Waals surface area contributed by atoms with Gasteiger partial charge in [0.1, 0.15) is 0 Å². The third-order valence-electron chi connectivity index (χ3n) is 8.92. The highest BCUT2D eigenvalue weighted by atomic mass is 79.9. The molecule has 0 aliphatic heterocycles. The zero-order chi connectivity index (χ0) is 43.9. The summed E-state index contributed by atoms with van der Waals surface area (Å²) in [5.74, 6) is 0. The van der Waals surface area contributed by atoms with Crippen molar-refractivity contribution in [3.8, 4) is 0 Å². The van der Waals surface area contributed by atoms with E-state index < -0.39 is 24.8 Å². The second-order valence-corrected chi connectivity index (χ2v) is 27.1. The smallest absolute Gasteiger partial charge is 0.332 e. The molecule has 0 heterocycles. The number of hydrogen-bond donors (Lipinski definition) is 0. The Morgan fingerprint density at radius 1 is 0.328 bits per heavy atom. The molecule has 9 nitrogen and oxygen atoms in total. The van der Waals surface area contributed by atoms with E-state index in [-0.39, 0.29) is 29.0 Å². The van der Waals surface area contributed by atoms with Gasteiger partial charge in [-0.15, -0.1) is 0 Å². The zero-order valence-corrected chi connectivity index (χ0v) is 53.5. The van der Waals surface area contributed by atoms with Crippen molar-refractivity contribution < 1.29 is 42.0 Å². The van der Waals surface area contributed by atoms with Gasteiger partial charge in [0.25, 0.3) is 0 Å². The molecule has 0 aromatic heterocycles. The van der Waals surface area contributed by atoms with Crippen LogP contribution in [0.1, 0.15) is 40.0 Å². The highest BCUT2D eigenvalue weighted by Crippen LogP contribution is 2.46. The van der Waals surface area contributed by atoms with Crippen LogP contribution >= 0.6 is 200 Å². The van der Waals surface area contributed by atoms with Crippen molar-refractivity contribution >= 4 is 200 Å². The van der Waals surface area contributed by atoms with Crippen LogP contribution in [-0.4, -0.2) is 160 Å². The molecule has 0 aromatic rings. The van der Waals surface area contributed by atoms with Gasteiger partial charge in [-0.1, -0.05) is 212 Å². The molecule has 0 saturated heterocycles. The maximum absolute atomic E-state index is 6.79. The highest BCUT2D eigenvalue weighted by molar-refractivity contribution is 9.13. The van der Waals surface area contributed by atoms with Gasteiger partial charge >= 0.3 is 8.60 Å². The third-order valence-corrected chi connectivity index (χ3v) is 23.4. The van der Waals surface area contributed by atoms with Gasteiger partial charge in [0.05, 0.1) is 99.1 Å². The Labute approximate surface area is 452 Å². The van der Waals surface area contributed by atoms with E-state index in [4.69, 9.17) is 42.0 Å². The second kappa shape index (κ2) is 39.7. The van der Waals surface area contributed by atoms with Crippen molar-refractivity contribution in [3.05, 3.63) is 0 Å². The molecule has 22 heteroatoms. The lowest BCUT2D eigenvalue weighted by Crippen LogP contribution is -2.40. The summed E-state index contributed by atoms with van der Waals surface area (Å²) in [4.78, 5) is 1.08. The van der Waals surface area contributed by atoms with E-state index in [1.165, 1.54) is 0 Å². The summed E-state index contributed by atoms with van der Waals surface area (Å²) in [7, 11) is -1.89. The normalized spacial score (nSPS) is 19.1. The predicted octanol–water partition coefficient (Wildman–Crippen LogP) is 13.5. The SMILES string of the molecule is CCC(COCC(Br)CBr)(COCC(Br)CBr)COP(OCC(CC)(COCC(Br)CBr)COCC(Br)CBr)OCC(CC)(COCC(Br)CBr)COCC(Br)CBr. The van der Waals surface area contributed by atoms with Crippen LogP contribution in [0, 0.1) is 16.2 Å². The van der Waals surface area contributed by atoms with Crippen LogP contribution in [0.3, 0.4) is 0 Å². The lowest BCUT2D eigenvalue weighted by Gasteiger charge is -2.37. The lowest BCUT2D eigenvalue weighted by molar-refractivity contribution is -0.0706. The molecule has 350 valence electrons. The third kappa shape index (κ3) is 30.3. The van der Waals surface area contributed by atoms with Gasteiger partial charge in [0, 0.05) is 77.2 Å². The maximum atomic E-state index is 6.79. The minimum absolute atomic E-state index is 0.179. The molecule has 0 amide bonds. The van der Waals surface area contributed by atoms with Crippen LogP contribution < -0.4 is 0 Å². The summed E-state index contributed by atoms with van der Waals surface area (Å²) in [6, 6.07) is 0. The number of ether oxygens (including phenoxy) is 6. The van der Waals surface area contributed by atoms with Crippen LogP contribution in [0.25, 0.3) is 0 Å². The molecule has 6 atom stereocenters. The molecule has 0 aliphatic rings. The largest absolute Gasteiger partial charge is 0.379 e. The van der Waals surface area contributed by atoms with Crippen LogP contribution in [0.15, 0.2) is 0 Å². The molecule has 0 spiro atoms. The van der Waals surface area contributed by atoms with Crippen LogP contribution in [-0.2, 0) is 42.0 Å². The maximum Gasteiger partial charge on any atom is 0.332 e. The monoisotopic (exact) mass is 1620 g/mol. The van der Waals surface area contributed by atoms with E-state index in [0.717, 1.165) is 51.2 Å². The Morgan fingerprint density at radius 3 is 0.638 bits per heavy atom. The fourth-order valence-electron chi connectivity index (χ4n) is 4.66. The van der Waals surface area contributed by atoms with Gasteiger partial charge in [-0.3, -0.25) is 0 Å². The van der Waals surface area contributed by atoms with Crippen molar-refractivity contribution in [1.29, 1.82) is 0 Å². The van der Waals surface area contributed by atoms with Gasteiger partial charge in [-0.2, -0.15) is 0 Å². The quantitative estimate of drug-likeness (QED) is 0.0438. The standard InChI is InChI=1S/C36H63Br12O9P/c1-4-34(19-49-13-28(43)7-37,20-50-14-29(44)8-38)25-55-58(56-26-35(5-2,21-51-15-30(45)9-39)22-52-16-31(46)10-40)57-27-36(6-3,23-53-17-32(47)11-41)24-54-18-33(48)12-42/h28-33H,4-27H2,1-3H3. The van der Waals surface area contributed by atoms with E-state index in [1.54, 1.807) is 0 Å². The van der Waals surface area contributed by atoms with E-state index in [0.29, 0.717) is 99.1 Å². The first-order valence-corrected chi connectivity index (χ1v) is 32.4. The summed E-state index contributed by atoms with van der Waals surface area (Å²) in [5.41, 5.74) is -1.39. The van der Waals surface area contributed by atoms with Crippen LogP contribution in [0.5, 0.6) is 0 Å². The summed E-state index contributed by atoms with van der Waals surface area (Å²) in [6.45, 7) is 13.2. The molecule has 0 rings (SSSR count). The van der Waals surface area contributed by atoms with E-state index in [9.17, 15) is 0 Å². The van der Waals surface area contributed by atoms with Gasteiger partial charge in [0.2, 0.25) is 0 Å². The van der Waals surface area contributed by atoms with Crippen molar-refractivity contribution in [2.75, 3.05) is 131 Å². The Bertz CT molecular complexity index is 802. The van der Waals surface area contributed by atoms with Crippen molar-refractivity contribution in [2.45, 2.75) is 69.0 Å². The summed E-state index contributed by atoms with van der Waals surface area (Å²) in [6.07, 6.45) is 2.26. The predicted molar refractivity (Wildman–Crippen MR) is 287 cm³/mol. The average molecular weight is 1630 g/mol. The van der Waals surface area contributed by atoms with E-state index >= 15 is 0 Å². The molecule has 0 radical (unpaired) electrons. The molecular weight excluding hydrogens is 1570 g/mol.